The maximum Gasteiger partial charge on any atom is 0.242 e. The third-order valence-corrected chi connectivity index (χ3v) is 8.66. The molecule has 1 amide bonds. The van der Waals surface area contributed by atoms with E-state index in [9.17, 15) is 13.2 Å². The molecule has 6 heteroatoms. The lowest BCUT2D eigenvalue weighted by atomic mass is 10.1. The van der Waals surface area contributed by atoms with Gasteiger partial charge in [0.2, 0.25) is 5.91 Å². The first kappa shape index (κ1) is 26.4. The van der Waals surface area contributed by atoms with Crippen LogP contribution in [0.4, 0.5) is 0 Å². The first-order chi connectivity index (χ1) is 18.9. The third kappa shape index (κ3) is 6.47. The van der Waals surface area contributed by atoms with Crippen LogP contribution in [0.3, 0.4) is 0 Å². The van der Waals surface area contributed by atoms with E-state index >= 15 is 0 Å². The maximum absolute atomic E-state index is 13.7. The Morgan fingerprint density at radius 3 is 2.05 bits per heavy atom. The Labute approximate surface area is 230 Å². The van der Waals surface area contributed by atoms with Crippen molar-refractivity contribution in [3.8, 4) is 0 Å². The number of hydrogen-bond donors (Lipinski definition) is 0. The van der Waals surface area contributed by atoms with Gasteiger partial charge in [-0.15, -0.1) is 0 Å². The topological polar surface area (TPSA) is 59.4 Å². The summed E-state index contributed by atoms with van der Waals surface area (Å²) in [4.78, 5) is 15.8. The van der Waals surface area contributed by atoms with Crippen LogP contribution in [0.25, 0.3) is 10.9 Å². The Morgan fingerprint density at radius 1 is 0.744 bits per heavy atom. The molecule has 5 aromatic rings. The molecule has 0 spiro atoms. The Morgan fingerprint density at radius 2 is 1.36 bits per heavy atom. The molecule has 0 fully saturated rings. The highest BCUT2D eigenvalue weighted by Crippen LogP contribution is 2.28. The second-order valence-electron chi connectivity index (χ2n) is 9.92. The summed E-state index contributed by atoms with van der Waals surface area (Å²) in [5.41, 5.74) is 4.77. The van der Waals surface area contributed by atoms with E-state index in [-0.39, 0.29) is 23.1 Å². The van der Waals surface area contributed by atoms with Crippen LogP contribution < -0.4 is 0 Å². The number of sulfone groups is 1. The first-order valence-electron chi connectivity index (χ1n) is 13.1. The lowest BCUT2D eigenvalue weighted by Gasteiger charge is -2.23. The van der Waals surface area contributed by atoms with E-state index in [1.54, 1.807) is 10.8 Å². The number of aromatic nitrogens is 1. The zero-order valence-electron chi connectivity index (χ0n) is 22.0. The van der Waals surface area contributed by atoms with Gasteiger partial charge in [0, 0.05) is 30.2 Å². The van der Waals surface area contributed by atoms with Crippen molar-refractivity contribution < 1.29 is 13.2 Å². The van der Waals surface area contributed by atoms with Gasteiger partial charge in [-0.25, -0.2) is 8.42 Å². The number of hydrogen-bond acceptors (Lipinski definition) is 3. The number of aryl methyl sites for hydroxylation is 1. The SMILES string of the molecule is Cc1ccc(CS(=O)(=O)c2cn(CC(=O)N(CCc3ccccc3)Cc3ccccc3)c3ccccc23)cc1. The number of fused-ring (bicyclic) bond motifs is 1. The number of carbonyl (C=O) groups is 1. The highest BCUT2D eigenvalue weighted by atomic mass is 32.2. The highest BCUT2D eigenvalue weighted by Gasteiger charge is 2.23. The lowest BCUT2D eigenvalue weighted by molar-refractivity contribution is -0.132. The quantitative estimate of drug-likeness (QED) is 0.214. The lowest BCUT2D eigenvalue weighted by Crippen LogP contribution is -2.35. The largest absolute Gasteiger partial charge is 0.337 e. The molecule has 0 radical (unpaired) electrons. The van der Waals surface area contributed by atoms with Crippen molar-refractivity contribution in [2.24, 2.45) is 0 Å². The van der Waals surface area contributed by atoms with Crippen molar-refractivity contribution in [1.29, 1.82) is 0 Å². The number of carbonyl (C=O) groups excluding carboxylic acids is 1. The molecule has 0 bridgehead atoms. The predicted molar refractivity (Wildman–Crippen MR) is 156 cm³/mol. The fourth-order valence-electron chi connectivity index (χ4n) is 4.82. The Bertz CT molecular complexity index is 1660. The minimum atomic E-state index is -3.63. The molecule has 0 unspecified atom stereocenters. The third-order valence-electron chi connectivity index (χ3n) is 6.95. The molecule has 5 nitrogen and oxygen atoms in total. The van der Waals surface area contributed by atoms with E-state index in [2.05, 4.69) is 12.1 Å². The minimum absolute atomic E-state index is 0.0574. The molecule has 0 saturated heterocycles. The Kier molecular flexibility index (Phi) is 7.94. The standard InChI is InChI=1S/C33H32N2O3S/c1-26-16-18-29(19-17-26)25-39(37,38)32-23-35(31-15-9-8-14-30(31)32)24-33(36)34(22-28-12-6-3-7-13-28)21-20-27-10-4-2-5-11-27/h2-19,23H,20-22,24-25H2,1H3. The van der Waals surface area contributed by atoms with Gasteiger partial charge < -0.3 is 9.47 Å². The summed E-state index contributed by atoms with van der Waals surface area (Å²) in [7, 11) is -3.63. The summed E-state index contributed by atoms with van der Waals surface area (Å²) >= 11 is 0. The van der Waals surface area contributed by atoms with Crippen LogP contribution in [0.2, 0.25) is 0 Å². The number of benzene rings is 4. The zero-order chi connectivity index (χ0) is 27.2. The summed E-state index contributed by atoms with van der Waals surface area (Å²) in [5, 5.41) is 0.635. The van der Waals surface area contributed by atoms with Gasteiger partial charge >= 0.3 is 0 Å². The summed E-state index contributed by atoms with van der Waals surface area (Å²) in [6.07, 6.45) is 2.37. The second-order valence-corrected chi connectivity index (χ2v) is 11.9. The van der Waals surface area contributed by atoms with Crippen LogP contribution in [-0.2, 0) is 39.9 Å². The van der Waals surface area contributed by atoms with E-state index in [4.69, 9.17) is 0 Å². The summed E-state index contributed by atoms with van der Waals surface area (Å²) in [6, 6.07) is 35.0. The van der Waals surface area contributed by atoms with Crippen molar-refractivity contribution >= 4 is 26.6 Å². The van der Waals surface area contributed by atoms with Crippen LogP contribution in [0.1, 0.15) is 22.3 Å². The van der Waals surface area contributed by atoms with Gasteiger partial charge in [-0.3, -0.25) is 4.79 Å². The van der Waals surface area contributed by atoms with Gasteiger partial charge in [-0.05, 0) is 36.1 Å². The van der Waals surface area contributed by atoms with Crippen LogP contribution in [0.5, 0.6) is 0 Å². The van der Waals surface area contributed by atoms with Crippen LogP contribution in [-0.4, -0.2) is 30.3 Å². The molecule has 0 atom stereocenters. The minimum Gasteiger partial charge on any atom is -0.337 e. The monoisotopic (exact) mass is 536 g/mol. The molecule has 0 saturated carbocycles. The van der Waals surface area contributed by atoms with Gasteiger partial charge in [-0.2, -0.15) is 0 Å². The summed E-state index contributed by atoms with van der Waals surface area (Å²) in [6.45, 7) is 3.09. The van der Waals surface area contributed by atoms with E-state index in [1.807, 2.05) is 109 Å². The molecule has 1 heterocycles. The van der Waals surface area contributed by atoms with Crippen molar-refractivity contribution in [2.75, 3.05) is 6.54 Å². The first-order valence-corrected chi connectivity index (χ1v) is 14.8. The fraction of sp³-hybridized carbons (Fsp3) is 0.182. The van der Waals surface area contributed by atoms with Gasteiger partial charge in [0.25, 0.3) is 0 Å². The van der Waals surface area contributed by atoms with Crippen LogP contribution in [0.15, 0.2) is 120 Å². The van der Waals surface area contributed by atoms with Crippen molar-refractivity contribution in [3.63, 3.8) is 0 Å². The molecule has 0 aliphatic carbocycles. The number of nitrogens with zero attached hydrogens (tertiary/aromatic N) is 2. The smallest absolute Gasteiger partial charge is 0.242 e. The molecular weight excluding hydrogens is 504 g/mol. The molecule has 0 aliphatic heterocycles. The highest BCUT2D eigenvalue weighted by molar-refractivity contribution is 7.90. The molecule has 4 aromatic carbocycles. The van der Waals surface area contributed by atoms with Crippen molar-refractivity contribution in [2.45, 2.75) is 37.1 Å². The average molecular weight is 537 g/mol. The van der Waals surface area contributed by atoms with Crippen LogP contribution in [0, 0.1) is 6.92 Å². The Hall–Kier alpha value is -4.16. The van der Waals surface area contributed by atoms with E-state index in [0.717, 1.165) is 28.6 Å². The summed E-state index contributed by atoms with van der Waals surface area (Å²) < 4.78 is 28.8. The van der Waals surface area contributed by atoms with Crippen LogP contribution >= 0.6 is 0 Å². The molecule has 0 aliphatic rings. The maximum atomic E-state index is 13.7. The number of amides is 1. The van der Waals surface area contributed by atoms with Gasteiger partial charge in [-0.1, -0.05) is 109 Å². The Balaban J connectivity index is 1.42. The van der Waals surface area contributed by atoms with E-state index in [1.165, 1.54) is 5.56 Å². The fourth-order valence-corrected chi connectivity index (χ4v) is 6.41. The number of para-hydroxylation sites is 1. The van der Waals surface area contributed by atoms with Crippen molar-refractivity contribution in [1.82, 2.24) is 9.47 Å². The normalized spacial score (nSPS) is 11.5. The number of rotatable bonds is 10. The molecule has 39 heavy (non-hydrogen) atoms. The van der Waals surface area contributed by atoms with Gasteiger partial charge in [0.1, 0.15) is 6.54 Å². The molecule has 198 valence electrons. The summed E-state index contributed by atoms with van der Waals surface area (Å²) in [5.74, 6) is -0.148. The average Bonchev–Trinajstić information content (AvgIpc) is 3.32. The van der Waals surface area contributed by atoms with Gasteiger partial charge in [0.15, 0.2) is 9.84 Å². The molecule has 5 rings (SSSR count). The van der Waals surface area contributed by atoms with Crippen molar-refractivity contribution in [3.05, 3.63) is 138 Å². The zero-order valence-corrected chi connectivity index (χ0v) is 22.8. The molecular formula is C33H32N2O3S. The molecule has 0 N–H and O–H groups in total. The second kappa shape index (κ2) is 11.7. The molecule has 1 aromatic heterocycles. The van der Waals surface area contributed by atoms with Gasteiger partial charge in [0.05, 0.1) is 10.6 Å². The van der Waals surface area contributed by atoms with E-state index < -0.39 is 9.84 Å². The van der Waals surface area contributed by atoms with E-state index in [0.29, 0.717) is 18.5 Å². The predicted octanol–water partition coefficient (Wildman–Crippen LogP) is 6.20.